The summed E-state index contributed by atoms with van der Waals surface area (Å²) in [6.45, 7) is 3.79. The van der Waals surface area contributed by atoms with Crippen LogP contribution in [0.15, 0.2) is 36.9 Å². The Hall–Kier alpha value is -1.39. The van der Waals surface area contributed by atoms with Crippen LogP contribution < -0.4 is 5.19 Å². The lowest BCUT2D eigenvalue weighted by atomic mass is 10.1. The number of hydrogen-bond donors (Lipinski definition) is 0. The number of ether oxygens (including phenoxy) is 1. The summed E-state index contributed by atoms with van der Waals surface area (Å²) in [7, 11) is 1.14. The Morgan fingerprint density at radius 2 is 2.24 bits per heavy atom. The molecule has 92 valence electrons. The van der Waals surface area contributed by atoms with Gasteiger partial charge in [-0.2, -0.15) is 0 Å². The summed E-state index contributed by atoms with van der Waals surface area (Å²) < 4.78 is 10.2. The normalized spacial score (nSPS) is 10.6. The molecule has 0 bridgehead atoms. The third-order valence-electron chi connectivity index (χ3n) is 2.42. The molecule has 0 radical (unpaired) electrons. The van der Waals surface area contributed by atoms with Gasteiger partial charge < -0.3 is 9.16 Å². The summed E-state index contributed by atoms with van der Waals surface area (Å²) in [6, 6.07) is 8.28. The van der Waals surface area contributed by atoms with E-state index in [2.05, 4.69) is 18.7 Å². The van der Waals surface area contributed by atoms with Crippen molar-refractivity contribution in [2.45, 2.75) is 12.8 Å². The zero-order chi connectivity index (χ0) is 12.5. The highest BCUT2D eigenvalue weighted by Gasteiger charge is 2.02. The van der Waals surface area contributed by atoms with E-state index in [1.54, 1.807) is 7.11 Å². The van der Waals surface area contributed by atoms with E-state index < -0.39 is 9.76 Å². The summed E-state index contributed by atoms with van der Waals surface area (Å²) in [6.07, 6.45) is 2.93. The number of carbonyl (C=O) groups excluding carboxylic acids is 1. The van der Waals surface area contributed by atoms with Gasteiger partial charge in [0.25, 0.3) is 0 Å². The predicted molar refractivity (Wildman–Crippen MR) is 71.1 cm³/mol. The molecule has 0 unspecified atom stereocenters. The summed E-state index contributed by atoms with van der Waals surface area (Å²) in [5.41, 5.74) is 1.30. The van der Waals surface area contributed by atoms with Gasteiger partial charge in [0, 0.05) is 13.2 Å². The predicted octanol–water partition coefficient (Wildman–Crippen LogP) is 0.704. The van der Waals surface area contributed by atoms with Crippen LogP contribution in [0, 0.1) is 0 Å². The van der Waals surface area contributed by atoms with Crippen LogP contribution in [0.25, 0.3) is 0 Å². The first-order chi connectivity index (χ1) is 8.27. The van der Waals surface area contributed by atoms with Crippen molar-refractivity contribution in [1.29, 1.82) is 0 Å². The molecule has 4 heteroatoms. The Bertz CT molecular complexity index is 377. The molecule has 0 aliphatic heterocycles. The molecule has 0 atom stereocenters. The average molecular weight is 250 g/mol. The van der Waals surface area contributed by atoms with Crippen LogP contribution in [0.4, 0.5) is 0 Å². The first-order valence-corrected chi connectivity index (χ1v) is 6.91. The average Bonchev–Trinajstić information content (AvgIpc) is 2.36. The molecule has 3 nitrogen and oxygen atoms in total. The fourth-order valence-corrected chi connectivity index (χ4v) is 2.62. The standard InChI is InChI=1S/C13H18O3Si/c1-3-13(14)16-10-6-8-11-7-4-5-9-12(11)17-15-2/h3-5,7,9H,1,6,8,10,17H2,2H3. The fraction of sp³-hybridized carbons (Fsp3) is 0.308. The molecule has 0 saturated heterocycles. The van der Waals surface area contributed by atoms with Gasteiger partial charge in [0.1, 0.15) is 0 Å². The summed E-state index contributed by atoms with van der Waals surface area (Å²) in [4.78, 5) is 10.8. The van der Waals surface area contributed by atoms with E-state index in [1.165, 1.54) is 16.8 Å². The third-order valence-corrected chi connectivity index (χ3v) is 3.71. The molecule has 17 heavy (non-hydrogen) atoms. The molecular formula is C13H18O3Si. The first-order valence-electron chi connectivity index (χ1n) is 5.63. The number of aryl methyl sites for hydroxylation is 1. The van der Waals surface area contributed by atoms with Gasteiger partial charge in [-0.15, -0.1) is 0 Å². The maximum Gasteiger partial charge on any atom is 0.330 e. The van der Waals surface area contributed by atoms with Crippen LogP contribution in [-0.4, -0.2) is 29.4 Å². The molecule has 0 aliphatic rings. The number of carbonyl (C=O) groups is 1. The SMILES string of the molecule is C=CC(=O)OCCCc1ccccc1[SiH2]OC. The number of rotatable bonds is 7. The molecule has 1 aromatic carbocycles. The zero-order valence-electron chi connectivity index (χ0n) is 10.1. The lowest BCUT2D eigenvalue weighted by molar-refractivity contribution is -0.137. The largest absolute Gasteiger partial charge is 0.463 e. The fourth-order valence-electron chi connectivity index (χ4n) is 1.59. The summed E-state index contributed by atoms with van der Waals surface area (Å²) in [5.74, 6) is -0.357. The van der Waals surface area contributed by atoms with Crippen molar-refractivity contribution in [3.63, 3.8) is 0 Å². The van der Waals surface area contributed by atoms with Crippen LogP contribution in [0.3, 0.4) is 0 Å². The molecule has 0 aliphatic carbocycles. The number of benzene rings is 1. The Morgan fingerprint density at radius 3 is 2.94 bits per heavy atom. The van der Waals surface area contributed by atoms with Crippen molar-refractivity contribution in [2.24, 2.45) is 0 Å². The molecule has 0 fully saturated rings. The van der Waals surface area contributed by atoms with Crippen LogP contribution in [-0.2, 0) is 20.4 Å². The minimum Gasteiger partial charge on any atom is -0.463 e. The van der Waals surface area contributed by atoms with E-state index in [0.29, 0.717) is 6.61 Å². The van der Waals surface area contributed by atoms with Crippen LogP contribution >= 0.6 is 0 Å². The highest BCUT2D eigenvalue weighted by atomic mass is 28.2. The van der Waals surface area contributed by atoms with Crippen molar-refractivity contribution >= 4 is 20.9 Å². The maximum absolute atomic E-state index is 10.8. The van der Waals surface area contributed by atoms with Gasteiger partial charge in [-0.05, 0) is 23.6 Å². The van der Waals surface area contributed by atoms with Gasteiger partial charge in [0.15, 0.2) is 9.76 Å². The molecule has 1 rings (SSSR count). The molecule has 0 spiro atoms. The van der Waals surface area contributed by atoms with Crippen molar-refractivity contribution < 1.29 is 14.0 Å². The number of esters is 1. The van der Waals surface area contributed by atoms with Crippen LogP contribution in [0.1, 0.15) is 12.0 Å². The molecule has 0 amide bonds. The quantitative estimate of drug-likeness (QED) is 0.309. The zero-order valence-corrected chi connectivity index (χ0v) is 11.6. The molecule has 0 aromatic heterocycles. The Kier molecular flexibility index (Phi) is 6.28. The van der Waals surface area contributed by atoms with E-state index >= 15 is 0 Å². The molecule has 1 aromatic rings. The van der Waals surface area contributed by atoms with Crippen molar-refractivity contribution in [2.75, 3.05) is 13.7 Å². The maximum atomic E-state index is 10.8. The van der Waals surface area contributed by atoms with Crippen LogP contribution in [0.5, 0.6) is 0 Å². The first kappa shape index (κ1) is 13.7. The summed E-state index contributed by atoms with van der Waals surface area (Å²) in [5, 5.41) is 1.32. The van der Waals surface area contributed by atoms with E-state index in [-0.39, 0.29) is 5.97 Å². The van der Waals surface area contributed by atoms with Gasteiger partial charge in [-0.1, -0.05) is 30.8 Å². The Labute approximate surface area is 104 Å². The lowest BCUT2D eigenvalue weighted by Gasteiger charge is -2.08. The Balaban J connectivity index is 2.40. The van der Waals surface area contributed by atoms with Gasteiger partial charge in [0.2, 0.25) is 0 Å². The van der Waals surface area contributed by atoms with Crippen molar-refractivity contribution in [1.82, 2.24) is 0 Å². The monoisotopic (exact) mass is 250 g/mol. The van der Waals surface area contributed by atoms with Gasteiger partial charge >= 0.3 is 5.97 Å². The van der Waals surface area contributed by atoms with Gasteiger partial charge in [0.05, 0.1) is 6.61 Å². The molecule has 0 heterocycles. The summed E-state index contributed by atoms with van der Waals surface area (Å²) >= 11 is 0. The Morgan fingerprint density at radius 1 is 1.47 bits per heavy atom. The highest BCUT2D eigenvalue weighted by molar-refractivity contribution is 6.47. The molecular weight excluding hydrogens is 232 g/mol. The van der Waals surface area contributed by atoms with E-state index in [1.807, 2.05) is 12.1 Å². The van der Waals surface area contributed by atoms with E-state index in [9.17, 15) is 4.79 Å². The van der Waals surface area contributed by atoms with Crippen LogP contribution in [0.2, 0.25) is 0 Å². The second-order valence-electron chi connectivity index (χ2n) is 3.68. The second kappa shape index (κ2) is 7.81. The minimum atomic E-state index is -0.608. The van der Waals surface area contributed by atoms with E-state index in [0.717, 1.165) is 12.8 Å². The number of hydrogen-bond acceptors (Lipinski definition) is 3. The van der Waals surface area contributed by atoms with Gasteiger partial charge in [-0.25, -0.2) is 4.79 Å². The third kappa shape index (κ3) is 4.97. The molecule has 0 N–H and O–H groups in total. The van der Waals surface area contributed by atoms with Crippen molar-refractivity contribution in [3.05, 3.63) is 42.5 Å². The van der Waals surface area contributed by atoms with Gasteiger partial charge in [-0.3, -0.25) is 0 Å². The molecule has 0 saturated carbocycles. The van der Waals surface area contributed by atoms with E-state index in [4.69, 9.17) is 9.16 Å². The topological polar surface area (TPSA) is 35.5 Å². The highest BCUT2D eigenvalue weighted by Crippen LogP contribution is 2.01. The lowest BCUT2D eigenvalue weighted by Crippen LogP contribution is -2.21. The van der Waals surface area contributed by atoms with Crippen molar-refractivity contribution in [3.8, 4) is 0 Å². The smallest absolute Gasteiger partial charge is 0.330 e. The second-order valence-corrected chi connectivity index (χ2v) is 5.30. The minimum absolute atomic E-state index is 0.357.